The number of hydrogen-bond acceptors (Lipinski definition) is 6. The summed E-state index contributed by atoms with van der Waals surface area (Å²) in [5.41, 5.74) is 2.47. The molecule has 3 heterocycles. The Kier molecular flexibility index (Phi) is 7.28. The van der Waals surface area contributed by atoms with Crippen LogP contribution in [0.15, 0.2) is 47.8 Å². The fourth-order valence-electron chi connectivity index (χ4n) is 4.26. The normalized spacial score (nSPS) is 21.4. The molecule has 1 atom stereocenters. The van der Waals surface area contributed by atoms with E-state index >= 15 is 0 Å². The third-order valence-corrected chi connectivity index (χ3v) is 7.16. The lowest BCUT2D eigenvalue weighted by Crippen LogP contribution is -2.52. The lowest BCUT2D eigenvalue weighted by Gasteiger charge is -2.32. The lowest BCUT2D eigenvalue weighted by atomic mass is 9.93. The first-order valence-electron chi connectivity index (χ1n) is 11.4. The average molecular weight is 484 g/mol. The molecular formula is C24H29N5O4S. The summed E-state index contributed by atoms with van der Waals surface area (Å²) in [4.78, 5) is 52.7. The van der Waals surface area contributed by atoms with Crippen LogP contribution in [-0.4, -0.2) is 64.9 Å². The number of amides is 5. The highest BCUT2D eigenvalue weighted by molar-refractivity contribution is 7.12. The second kappa shape index (κ2) is 10.4. The predicted molar refractivity (Wildman–Crippen MR) is 128 cm³/mol. The number of benzene rings is 1. The van der Waals surface area contributed by atoms with Gasteiger partial charge in [-0.3, -0.25) is 24.7 Å². The van der Waals surface area contributed by atoms with Crippen molar-refractivity contribution >= 4 is 35.1 Å². The van der Waals surface area contributed by atoms with Gasteiger partial charge in [-0.2, -0.15) is 5.01 Å². The van der Waals surface area contributed by atoms with Gasteiger partial charge in [0.05, 0.1) is 11.4 Å². The SMILES string of the molecule is CC1(CCc2ccccc2)NC(=O)N(NC(=O)CN2CCC(NC(=O)c3cccs3)CC2)C1=O. The molecule has 3 N–H and O–H groups in total. The molecule has 2 aliphatic heterocycles. The molecule has 2 saturated heterocycles. The molecule has 0 saturated carbocycles. The number of likely N-dealkylation sites (tertiary alicyclic amines) is 1. The number of urea groups is 1. The Hall–Kier alpha value is -3.24. The molecule has 0 radical (unpaired) electrons. The summed E-state index contributed by atoms with van der Waals surface area (Å²) in [5.74, 6) is -0.950. The van der Waals surface area contributed by atoms with E-state index in [2.05, 4.69) is 16.1 Å². The number of thiophene rings is 1. The molecule has 180 valence electrons. The van der Waals surface area contributed by atoms with Crippen LogP contribution in [0.1, 0.15) is 41.4 Å². The monoisotopic (exact) mass is 483 g/mol. The van der Waals surface area contributed by atoms with Crippen molar-refractivity contribution in [3.8, 4) is 0 Å². The number of nitrogens with one attached hydrogen (secondary N) is 3. The van der Waals surface area contributed by atoms with Crippen molar-refractivity contribution in [3.05, 3.63) is 58.3 Å². The minimum atomic E-state index is -1.07. The fraction of sp³-hybridized carbons (Fsp3) is 0.417. The van der Waals surface area contributed by atoms with Crippen LogP contribution < -0.4 is 16.1 Å². The molecule has 0 bridgehead atoms. The zero-order valence-electron chi connectivity index (χ0n) is 19.1. The van der Waals surface area contributed by atoms with E-state index < -0.39 is 23.4 Å². The van der Waals surface area contributed by atoms with Crippen LogP contribution in [0.5, 0.6) is 0 Å². The fourth-order valence-corrected chi connectivity index (χ4v) is 4.88. The number of piperidine rings is 1. The van der Waals surface area contributed by atoms with Gasteiger partial charge in [-0.15, -0.1) is 11.3 Å². The van der Waals surface area contributed by atoms with E-state index in [-0.39, 0.29) is 18.5 Å². The van der Waals surface area contributed by atoms with Crippen LogP contribution in [0.3, 0.4) is 0 Å². The first-order chi connectivity index (χ1) is 16.3. The average Bonchev–Trinajstić information content (AvgIpc) is 3.44. The quantitative estimate of drug-likeness (QED) is 0.497. The van der Waals surface area contributed by atoms with Crippen molar-refractivity contribution in [3.63, 3.8) is 0 Å². The van der Waals surface area contributed by atoms with Crippen molar-refractivity contribution in [1.29, 1.82) is 0 Å². The Balaban J connectivity index is 1.22. The Morgan fingerprint density at radius 1 is 1.12 bits per heavy atom. The van der Waals surface area contributed by atoms with E-state index in [4.69, 9.17) is 0 Å². The number of carbonyl (C=O) groups excluding carboxylic acids is 4. The number of aryl methyl sites for hydroxylation is 1. The van der Waals surface area contributed by atoms with E-state index in [1.54, 1.807) is 13.0 Å². The highest BCUT2D eigenvalue weighted by Crippen LogP contribution is 2.22. The van der Waals surface area contributed by atoms with E-state index in [0.717, 1.165) is 23.4 Å². The standard InChI is InChI=1S/C24H29N5O4S/c1-24(12-9-17-6-3-2-4-7-17)22(32)29(23(33)26-24)27-20(30)16-28-13-10-18(11-14-28)25-21(31)19-8-5-15-34-19/h2-8,15,18H,9-14,16H2,1H3,(H,25,31)(H,26,33)(H,27,30). The van der Waals surface area contributed by atoms with Gasteiger partial charge >= 0.3 is 6.03 Å². The van der Waals surface area contributed by atoms with Crippen molar-refractivity contribution < 1.29 is 19.2 Å². The van der Waals surface area contributed by atoms with Gasteiger partial charge in [-0.1, -0.05) is 36.4 Å². The number of carbonyl (C=O) groups is 4. The highest BCUT2D eigenvalue weighted by Gasteiger charge is 2.48. The first-order valence-corrected chi connectivity index (χ1v) is 12.3. The Morgan fingerprint density at radius 2 is 1.85 bits per heavy atom. The molecule has 34 heavy (non-hydrogen) atoms. The van der Waals surface area contributed by atoms with Crippen molar-refractivity contribution in [2.45, 2.75) is 44.2 Å². The minimum Gasteiger partial charge on any atom is -0.349 e. The third-order valence-electron chi connectivity index (χ3n) is 6.29. The second-order valence-electron chi connectivity index (χ2n) is 8.92. The highest BCUT2D eigenvalue weighted by atomic mass is 32.1. The molecule has 5 amide bonds. The summed E-state index contributed by atoms with van der Waals surface area (Å²) in [6, 6.07) is 12.8. The van der Waals surface area contributed by atoms with Gasteiger partial charge in [0.1, 0.15) is 5.54 Å². The van der Waals surface area contributed by atoms with Crippen LogP contribution in [0.25, 0.3) is 0 Å². The van der Waals surface area contributed by atoms with Gasteiger partial charge in [-0.05, 0) is 49.6 Å². The van der Waals surface area contributed by atoms with Crippen LogP contribution >= 0.6 is 11.3 Å². The zero-order valence-corrected chi connectivity index (χ0v) is 19.9. The summed E-state index contributed by atoms with van der Waals surface area (Å²) >= 11 is 1.41. The maximum Gasteiger partial charge on any atom is 0.344 e. The molecule has 1 aromatic carbocycles. The number of hydrazine groups is 1. The lowest BCUT2D eigenvalue weighted by molar-refractivity contribution is -0.139. The maximum absolute atomic E-state index is 12.9. The van der Waals surface area contributed by atoms with E-state index in [9.17, 15) is 19.2 Å². The molecule has 10 heteroatoms. The second-order valence-corrected chi connectivity index (χ2v) is 9.87. The summed E-state index contributed by atoms with van der Waals surface area (Å²) in [7, 11) is 0. The Labute approximate surface area is 202 Å². The van der Waals surface area contributed by atoms with Crippen molar-refractivity contribution in [2.75, 3.05) is 19.6 Å². The number of nitrogens with zero attached hydrogens (tertiary/aromatic N) is 2. The van der Waals surface area contributed by atoms with Gasteiger partial charge in [0.2, 0.25) is 0 Å². The summed E-state index contributed by atoms with van der Waals surface area (Å²) in [6.07, 6.45) is 2.51. The Morgan fingerprint density at radius 3 is 2.53 bits per heavy atom. The first kappa shape index (κ1) is 23.9. The van der Waals surface area contributed by atoms with Gasteiger partial charge in [0.15, 0.2) is 0 Å². The van der Waals surface area contributed by atoms with Crippen molar-refractivity contribution in [2.24, 2.45) is 0 Å². The molecule has 4 rings (SSSR count). The molecule has 1 aromatic heterocycles. The molecule has 0 aliphatic carbocycles. The van der Waals surface area contributed by atoms with Crippen LogP contribution in [0, 0.1) is 0 Å². The van der Waals surface area contributed by atoms with Crippen LogP contribution in [-0.2, 0) is 16.0 Å². The number of hydrogen-bond donors (Lipinski definition) is 3. The van der Waals surface area contributed by atoms with Crippen LogP contribution in [0.4, 0.5) is 4.79 Å². The van der Waals surface area contributed by atoms with Crippen molar-refractivity contribution in [1.82, 2.24) is 26.0 Å². The summed E-state index contributed by atoms with van der Waals surface area (Å²) in [6.45, 7) is 3.02. The molecule has 9 nitrogen and oxygen atoms in total. The van der Waals surface area contributed by atoms with E-state index in [1.807, 2.05) is 46.7 Å². The smallest absolute Gasteiger partial charge is 0.344 e. The summed E-state index contributed by atoms with van der Waals surface area (Å²) < 4.78 is 0. The molecule has 1 unspecified atom stereocenters. The molecule has 0 spiro atoms. The topological polar surface area (TPSA) is 111 Å². The van der Waals surface area contributed by atoms with Gasteiger partial charge in [0, 0.05) is 19.1 Å². The molecular weight excluding hydrogens is 454 g/mol. The zero-order chi connectivity index (χ0) is 24.1. The van der Waals surface area contributed by atoms with Gasteiger partial charge in [0.25, 0.3) is 17.7 Å². The number of rotatable bonds is 8. The molecule has 2 aliphatic rings. The van der Waals surface area contributed by atoms with Gasteiger partial charge < -0.3 is 10.6 Å². The summed E-state index contributed by atoms with van der Waals surface area (Å²) in [5, 5.41) is 8.41. The number of imide groups is 1. The minimum absolute atomic E-state index is 0.0603. The molecule has 2 aromatic rings. The van der Waals surface area contributed by atoms with Gasteiger partial charge in [-0.25, -0.2) is 4.79 Å². The Bertz CT molecular complexity index is 1040. The van der Waals surface area contributed by atoms with E-state index in [0.29, 0.717) is 30.8 Å². The van der Waals surface area contributed by atoms with Crippen LogP contribution in [0.2, 0.25) is 0 Å². The maximum atomic E-state index is 12.9. The largest absolute Gasteiger partial charge is 0.349 e. The third kappa shape index (κ3) is 5.63. The van der Waals surface area contributed by atoms with E-state index in [1.165, 1.54) is 11.3 Å². The molecule has 2 fully saturated rings. The predicted octanol–water partition coefficient (Wildman–Crippen LogP) is 1.92.